The molecule has 1 unspecified atom stereocenters. The standard InChI is InChI=1S/C17H15BrN2O/c1-21-15-8-7-12(10-14(15)18)16(19)13-6-2-4-11-5-3-9-20-17(11)13/h2-10,16H,19H2,1H3. The lowest BCUT2D eigenvalue weighted by molar-refractivity contribution is 0.412. The van der Waals surface area contributed by atoms with E-state index in [9.17, 15) is 0 Å². The summed E-state index contributed by atoms with van der Waals surface area (Å²) >= 11 is 3.50. The highest BCUT2D eigenvalue weighted by Crippen LogP contribution is 2.31. The Kier molecular flexibility index (Phi) is 3.90. The van der Waals surface area contributed by atoms with Crippen molar-refractivity contribution in [3.63, 3.8) is 0 Å². The Balaban J connectivity index is 2.08. The van der Waals surface area contributed by atoms with E-state index in [2.05, 4.69) is 20.9 Å². The molecule has 0 aliphatic carbocycles. The number of methoxy groups -OCH3 is 1. The summed E-state index contributed by atoms with van der Waals surface area (Å²) in [5.74, 6) is 0.794. The van der Waals surface area contributed by atoms with E-state index >= 15 is 0 Å². The van der Waals surface area contributed by atoms with Crippen LogP contribution in [-0.4, -0.2) is 12.1 Å². The van der Waals surface area contributed by atoms with Crippen molar-refractivity contribution in [2.24, 2.45) is 5.73 Å². The molecule has 3 nitrogen and oxygen atoms in total. The van der Waals surface area contributed by atoms with Crippen molar-refractivity contribution in [3.05, 3.63) is 70.3 Å². The van der Waals surface area contributed by atoms with Crippen LogP contribution in [-0.2, 0) is 0 Å². The molecule has 1 heterocycles. The summed E-state index contributed by atoms with van der Waals surface area (Å²) in [4.78, 5) is 4.47. The molecule has 2 N–H and O–H groups in total. The summed E-state index contributed by atoms with van der Waals surface area (Å²) < 4.78 is 6.15. The molecule has 0 saturated carbocycles. The van der Waals surface area contributed by atoms with Crippen LogP contribution in [0.3, 0.4) is 0 Å². The summed E-state index contributed by atoms with van der Waals surface area (Å²) in [5.41, 5.74) is 9.42. The molecule has 0 radical (unpaired) electrons. The molecule has 0 aliphatic rings. The van der Waals surface area contributed by atoms with Gasteiger partial charge in [0.05, 0.1) is 23.1 Å². The molecule has 0 spiro atoms. The summed E-state index contributed by atoms with van der Waals surface area (Å²) in [7, 11) is 1.65. The summed E-state index contributed by atoms with van der Waals surface area (Å²) in [6.45, 7) is 0. The molecule has 0 amide bonds. The van der Waals surface area contributed by atoms with Gasteiger partial charge in [-0.25, -0.2) is 0 Å². The minimum atomic E-state index is -0.231. The van der Waals surface area contributed by atoms with E-state index < -0.39 is 0 Å². The number of benzene rings is 2. The van der Waals surface area contributed by atoms with Crippen LogP contribution in [0.2, 0.25) is 0 Å². The van der Waals surface area contributed by atoms with Gasteiger partial charge in [-0.05, 0) is 45.3 Å². The fourth-order valence-electron chi connectivity index (χ4n) is 2.43. The minimum absolute atomic E-state index is 0.231. The first-order valence-corrected chi connectivity index (χ1v) is 7.42. The molecule has 0 saturated heterocycles. The fraction of sp³-hybridized carbons (Fsp3) is 0.118. The van der Waals surface area contributed by atoms with E-state index in [-0.39, 0.29) is 6.04 Å². The van der Waals surface area contributed by atoms with Gasteiger partial charge in [0.2, 0.25) is 0 Å². The highest BCUT2D eigenvalue weighted by Gasteiger charge is 2.14. The Labute approximate surface area is 131 Å². The number of pyridine rings is 1. The second-order valence-electron chi connectivity index (χ2n) is 4.79. The number of ether oxygens (including phenoxy) is 1. The normalized spacial score (nSPS) is 12.3. The van der Waals surface area contributed by atoms with Crippen molar-refractivity contribution >= 4 is 26.8 Å². The van der Waals surface area contributed by atoms with Gasteiger partial charge in [0.25, 0.3) is 0 Å². The Morgan fingerprint density at radius 2 is 1.95 bits per heavy atom. The van der Waals surface area contributed by atoms with E-state index in [1.54, 1.807) is 13.3 Å². The number of halogens is 1. The van der Waals surface area contributed by atoms with Gasteiger partial charge in [-0.15, -0.1) is 0 Å². The minimum Gasteiger partial charge on any atom is -0.496 e. The first-order valence-electron chi connectivity index (χ1n) is 6.63. The first-order chi connectivity index (χ1) is 10.2. The fourth-order valence-corrected chi connectivity index (χ4v) is 2.99. The van der Waals surface area contributed by atoms with E-state index in [1.165, 1.54) is 0 Å². The molecule has 0 bridgehead atoms. The van der Waals surface area contributed by atoms with Gasteiger partial charge >= 0.3 is 0 Å². The molecule has 1 aromatic heterocycles. The third kappa shape index (κ3) is 2.64. The van der Waals surface area contributed by atoms with Gasteiger partial charge in [0, 0.05) is 11.6 Å². The summed E-state index contributed by atoms with van der Waals surface area (Å²) in [6.07, 6.45) is 1.79. The maximum Gasteiger partial charge on any atom is 0.133 e. The maximum atomic E-state index is 6.44. The van der Waals surface area contributed by atoms with Crippen LogP contribution >= 0.6 is 15.9 Å². The van der Waals surface area contributed by atoms with Crippen LogP contribution in [0.15, 0.2) is 59.2 Å². The zero-order valence-corrected chi connectivity index (χ0v) is 13.2. The van der Waals surface area contributed by atoms with Crippen LogP contribution < -0.4 is 10.5 Å². The third-order valence-electron chi connectivity index (χ3n) is 3.53. The molecule has 106 valence electrons. The average Bonchev–Trinajstić information content (AvgIpc) is 2.53. The molecule has 2 aromatic carbocycles. The van der Waals surface area contributed by atoms with E-state index in [0.29, 0.717) is 0 Å². The maximum absolute atomic E-state index is 6.44. The predicted molar refractivity (Wildman–Crippen MR) is 88.5 cm³/mol. The molecule has 21 heavy (non-hydrogen) atoms. The molecule has 0 fully saturated rings. The van der Waals surface area contributed by atoms with Crippen molar-refractivity contribution in [2.75, 3.05) is 7.11 Å². The van der Waals surface area contributed by atoms with Gasteiger partial charge < -0.3 is 10.5 Å². The predicted octanol–water partition coefficient (Wildman–Crippen LogP) is 4.05. The molecular formula is C17H15BrN2O. The Morgan fingerprint density at radius 3 is 2.71 bits per heavy atom. The van der Waals surface area contributed by atoms with Crippen LogP contribution in [0.25, 0.3) is 10.9 Å². The number of nitrogens with two attached hydrogens (primary N) is 1. The molecule has 1 atom stereocenters. The van der Waals surface area contributed by atoms with E-state index in [0.717, 1.165) is 32.3 Å². The lowest BCUT2D eigenvalue weighted by Crippen LogP contribution is -2.12. The van der Waals surface area contributed by atoms with E-state index in [1.807, 2.05) is 48.5 Å². The van der Waals surface area contributed by atoms with Crippen LogP contribution in [0, 0.1) is 0 Å². The largest absolute Gasteiger partial charge is 0.496 e. The smallest absolute Gasteiger partial charge is 0.133 e. The second kappa shape index (κ2) is 5.84. The quantitative estimate of drug-likeness (QED) is 0.780. The zero-order valence-electron chi connectivity index (χ0n) is 11.6. The number of hydrogen-bond acceptors (Lipinski definition) is 3. The van der Waals surface area contributed by atoms with Crippen molar-refractivity contribution in [1.29, 1.82) is 0 Å². The van der Waals surface area contributed by atoms with Crippen LogP contribution in [0.4, 0.5) is 0 Å². The number of fused-ring (bicyclic) bond motifs is 1. The van der Waals surface area contributed by atoms with Gasteiger partial charge in [-0.2, -0.15) is 0 Å². The number of aromatic nitrogens is 1. The monoisotopic (exact) mass is 342 g/mol. The summed E-state index contributed by atoms with van der Waals surface area (Å²) in [6, 6.07) is 15.7. The highest BCUT2D eigenvalue weighted by atomic mass is 79.9. The van der Waals surface area contributed by atoms with Crippen LogP contribution in [0.5, 0.6) is 5.75 Å². The Bertz CT molecular complexity index is 783. The number of para-hydroxylation sites is 1. The summed E-state index contributed by atoms with van der Waals surface area (Å²) in [5, 5.41) is 1.10. The van der Waals surface area contributed by atoms with Gasteiger partial charge in [-0.3, -0.25) is 4.98 Å². The van der Waals surface area contributed by atoms with Crippen molar-refractivity contribution in [2.45, 2.75) is 6.04 Å². The lowest BCUT2D eigenvalue weighted by atomic mass is 9.97. The molecule has 3 rings (SSSR count). The van der Waals surface area contributed by atoms with E-state index in [4.69, 9.17) is 10.5 Å². The number of nitrogens with zero attached hydrogens (tertiary/aromatic N) is 1. The van der Waals surface area contributed by atoms with Crippen LogP contribution in [0.1, 0.15) is 17.2 Å². The van der Waals surface area contributed by atoms with Gasteiger partial charge in [0.1, 0.15) is 5.75 Å². The topological polar surface area (TPSA) is 48.1 Å². The highest BCUT2D eigenvalue weighted by molar-refractivity contribution is 9.10. The van der Waals surface area contributed by atoms with Gasteiger partial charge in [0.15, 0.2) is 0 Å². The molecule has 0 aliphatic heterocycles. The van der Waals surface area contributed by atoms with Crippen molar-refractivity contribution < 1.29 is 4.74 Å². The zero-order chi connectivity index (χ0) is 14.8. The molecule has 4 heteroatoms. The molecular weight excluding hydrogens is 328 g/mol. The van der Waals surface area contributed by atoms with Crippen molar-refractivity contribution in [1.82, 2.24) is 4.98 Å². The third-order valence-corrected chi connectivity index (χ3v) is 4.15. The Morgan fingerprint density at radius 1 is 1.14 bits per heavy atom. The van der Waals surface area contributed by atoms with Crippen molar-refractivity contribution in [3.8, 4) is 5.75 Å². The second-order valence-corrected chi connectivity index (χ2v) is 5.65. The average molecular weight is 343 g/mol. The SMILES string of the molecule is COc1ccc(C(N)c2cccc3cccnc23)cc1Br. The first kappa shape index (κ1) is 14.0. The van der Waals surface area contributed by atoms with Gasteiger partial charge in [-0.1, -0.05) is 30.3 Å². The number of hydrogen-bond donors (Lipinski definition) is 1. The lowest BCUT2D eigenvalue weighted by Gasteiger charge is -2.15. The molecule has 3 aromatic rings. The number of rotatable bonds is 3. The Hall–Kier alpha value is -1.91.